The Morgan fingerprint density at radius 3 is 1.19 bits per heavy atom. The van der Waals surface area contributed by atoms with Crippen molar-refractivity contribution in [1.29, 1.82) is 0 Å². The number of rotatable bonds is 7. The number of para-hydroxylation sites is 1. The summed E-state index contributed by atoms with van der Waals surface area (Å²) in [6.07, 6.45) is 0. The third kappa shape index (κ3) is 5.53. The molecule has 69 heavy (non-hydrogen) atoms. The molecule has 0 N–H and O–H groups in total. The molecule has 0 aromatic heterocycles. The number of benzene rings is 11. The molecule has 11 aromatic rings. The van der Waals surface area contributed by atoms with Crippen LogP contribution in [0.1, 0.15) is 44.5 Å². The minimum Gasteiger partial charge on any atom is -0.310 e. The molecule has 0 bridgehead atoms. The summed E-state index contributed by atoms with van der Waals surface area (Å²) in [5.41, 5.74) is 25.2. The molecule has 3 aliphatic carbocycles. The second-order valence-corrected chi connectivity index (χ2v) is 18.6. The van der Waals surface area contributed by atoms with Crippen molar-refractivity contribution in [2.75, 3.05) is 4.90 Å². The third-order valence-corrected chi connectivity index (χ3v) is 15.3. The number of fused-ring (bicyclic) bond motifs is 13. The smallest absolute Gasteiger partial charge is 0.0725 e. The Hall–Kier alpha value is -8.78. The van der Waals surface area contributed by atoms with Crippen molar-refractivity contribution < 1.29 is 0 Å². The van der Waals surface area contributed by atoms with Crippen molar-refractivity contribution in [3.8, 4) is 55.6 Å². The van der Waals surface area contributed by atoms with Crippen LogP contribution >= 0.6 is 0 Å². The minimum absolute atomic E-state index is 0.535. The van der Waals surface area contributed by atoms with E-state index in [1.165, 1.54) is 100 Å². The summed E-state index contributed by atoms with van der Waals surface area (Å²) < 4.78 is 0. The van der Waals surface area contributed by atoms with Crippen LogP contribution in [-0.2, 0) is 10.8 Å². The molecule has 0 aliphatic heterocycles. The van der Waals surface area contributed by atoms with Crippen LogP contribution in [0.15, 0.2) is 273 Å². The van der Waals surface area contributed by atoms with Gasteiger partial charge in [0.05, 0.1) is 10.8 Å². The first kappa shape index (κ1) is 39.4. The van der Waals surface area contributed by atoms with Gasteiger partial charge >= 0.3 is 0 Å². The van der Waals surface area contributed by atoms with Crippen LogP contribution < -0.4 is 4.90 Å². The van der Waals surface area contributed by atoms with Crippen LogP contribution in [0.3, 0.4) is 0 Å². The zero-order chi connectivity index (χ0) is 45.5. The van der Waals surface area contributed by atoms with Crippen LogP contribution in [0.5, 0.6) is 0 Å². The highest BCUT2D eigenvalue weighted by Gasteiger charge is 2.55. The molecule has 0 saturated heterocycles. The molecule has 0 fully saturated rings. The maximum Gasteiger partial charge on any atom is 0.0725 e. The van der Waals surface area contributed by atoms with Crippen molar-refractivity contribution >= 4 is 17.1 Å². The molecule has 14 rings (SSSR count). The molecule has 1 spiro atoms. The number of hydrogen-bond donors (Lipinski definition) is 0. The highest BCUT2D eigenvalue weighted by molar-refractivity contribution is 6.08. The predicted molar refractivity (Wildman–Crippen MR) is 286 cm³/mol. The lowest BCUT2D eigenvalue weighted by atomic mass is 9.65. The standard InChI is InChI=1S/C68H45N/c1-6-22-46(23-7-1)47-38-40-52(41-39-47)69(51-30-14-5-15-31-51)53-42-43-61-57(44-53)66-62(67(61,49-26-10-3-11-27-49)50-28-12-4-13-29-50)45-63-65(64(66)48-24-8-2-9-25-48)56-34-18-21-37-60(56)68(63)58-35-19-16-32-54(58)55-33-17-20-36-59(55)68/h1-45H. The first-order valence-corrected chi connectivity index (χ1v) is 24.1. The molecule has 0 saturated carbocycles. The Bertz CT molecular complexity index is 3660. The summed E-state index contributed by atoms with van der Waals surface area (Å²) in [6, 6.07) is 102. The normalized spacial score (nSPS) is 13.7. The van der Waals surface area contributed by atoms with Gasteiger partial charge in [0.15, 0.2) is 0 Å². The zero-order valence-electron chi connectivity index (χ0n) is 37.9. The lowest BCUT2D eigenvalue weighted by Gasteiger charge is -2.36. The van der Waals surface area contributed by atoms with Crippen LogP contribution in [-0.4, -0.2) is 0 Å². The largest absolute Gasteiger partial charge is 0.310 e. The van der Waals surface area contributed by atoms with Crippen LogP contribution in [0, 0.1) is 0 Å². The molecule has 3 aliphatic rings. The van der Waals surface area contributed by atoms with E-state index in [-0.39, 0.29) is 0 Å². The number of hydrogen-bond acceptors (Lipinski definition) is 1. The molecule has 1 nitrogen and oxygen atoms in total. The summed E-state index contributed by atoms with van der Waals surface area (Å²) in [7, 11) is 0. The van der Waals surface area contributed by atoms with E-state index < -0.39 is 10.8 Å². The average Bonchev–Trinajstić information content (AvgIpc) is 4.02. The average molecular weight is 876 g/mol. The van der Waals surface area contributed by atoms with Gasteiger partial charge in [0.25, 0.3) is 0 Å². The predicted octanol–water partition coefficient (Wildman–Crippen LogP) is 17.2. The Morgan fingerprint density at radius 2 is 0.609 bits per heavy atom. The fourth-order valence-corrected chi connectivity index (χ4v) is 12.7. The second-order valence-electron chi connectivity index (χ2n) is 18.6. The van der Waals surface area contributed by atoms with Crippen molar-refractivity contribution in [2.45, 2.75) is 10.8 Å². The summed E-state index contributed by atoms with van der Waals surface area (Å²) in [6.45, 7) is 0. The lowest BCUT2D eigenvalue weighted by Crippen LogP contribution is -2.30. The van der Waals surface area contributed by atoms with E-state index in [0.29, 0.717) is 0 Å². The van der Waals surface area contributed by atoms with Gasteiger partial charge in [-0.2, -0.15) is 0 Å². The van der Waals surface area contributed by atoms with Gasteiger partial charge < -0.3 is 4.90 Å². The third-order valence-electron chi connectivity index (χ3n) is 15.3. The van der Waals surface area contributed by atoms with Gasteiger partial charge in [0.2, 0.25) is 0 Å². The van der Waals surface area contributed by atoms with Gasteiger partial charge in [0.1, 0.15) is 0 Å². The van der Waals surface area contributed by atoms with E-state index in [4.69, 9.17) is 0 Å². The van der Waals surface area contributed by atoms with Gasteiger partial charge in [-0.25, -0.2) is 0 Å². The minimum atomic E-state index is -0.660. The van der Waals surface area contributed by atoms with E-state index in [2.05, 4.69) is 278 Å². The van der Waals surface area contributed by atoms with E-state index in [9.17, 15) is 0 Å². The van der Waals surface area contributed by atoms with E-state index in [0.717, 1.165) is 17.1 Å². The van der Waals surface area contributed by atoms with Gasteiger partial charge in [-0.15, -0.1) is 0 Å². The first-order chi connectivity index (χ1) is 34.3. The molecule has 0 atom stereocenters. The summed E-state index contributed by atoms with van der Waals surface area (Å²) in [4.78, 5) is 2.42. The van der Waals surface area contributed by atoms with E-state index in [1.807, 2.05) is 0 Å². The van der Waals surface area contributed by atoms with Crippen molar-refractivity contribution in [1.82, 2.24) is 0 Å². The van der Waals surface area contributed by atoms with Gasteiger partial charge in [-0.3, -0.25) is 0 Å². The monoisotopic (exact) mass is 875 g/mol. The Kier molecular flexibility index (Phi) is 8.78. The number of anilines is 3. The maximum absolute atomic E-state index is 2.66. The maximum atomic E-state index is 2.66. The van der Waals surface area contributed by atoms with Gasteiger partial charge in [-0.1, -0.05) is 237 Å². The van der Waals surface area contributed by atoms with Gasteiger partial charge in [-0.05, 0) is 137 Å². The first-order valence-electron chi connectivity index (χ1n) is 24.1. The molecule has 0 heterocycles. The topological polar surface area (TPSA) is 3.24 Å². The quantitative estimate of drug-likeness (QED) is 0.154. The number of nitrogens with zero attached hydrogens (tertiary/aromatic N) is 1. The van der Waals surface area contributed by atoms with E-state index in [1.54, 1.807) is 0 Å². The molecule has 11 aromatic carbocycles. The summed E-state index contributed by atoms with van der Waals surface area (Å²) >= 11 is 0. The van der Waals surface area contributed by atoms with Crippen molar-refractivity contribution in [3.05, 3.63) is 317 Å². The lowest BCUT2D eigenvalue weighted by molar-refractivity contribution is 0.753. The van der Waals surface area contributed by atoms with Crippen LogP contribution in [0.2, 0.25) is 0 Å². The van der Waals surface area contributed by atoms with Gasteiger partial charge in [0, 0.05) is 17.1 Å². The molecule has 0 amide bonds. The van der Waals surface area contributed by atoms with Crippen molar-refractivity contribution in [3.63, 3.8) is 0 Å². The van der Waals surface area contributed by atoms with E-state index >= 15 is 0 Å². The summed E-state index contributed by atoms with van der Waals surface area (Å²) in [5, 5.41) is 0. The Labute approximate surface area is 403 Å². The SMILES string of the molecule is c1ccc(-c2ccc(N(c3ccccc3)c3ccc4c(c3)-c3c(cc5c(c3-c3ccccc3)-c3ccccc3C53c5ccccc5-c5ccccc53)C4(c3ccccc3)c3ccccc3)cc2)cc1. The molecular weight excluding hydrogens is 831 g/mol. The fraction of sp³-hybridized carbons (Fsp3) is 0.0294. The Balaban J connectivity index is 1.13. The van der Waals surface area contributed by atoms with Crippen molar-refractivity contribution in [2.24, 2.45) is 0 Å². The molecule has 1 heteroatoms. The van der Waals surface area contributed by atoms with Crippen LogP contribution in [0.25, 0.3) is 55.6 Å². The summed E-state index contributed by atoms with van der Waals surface area (Å²) in [5.74, 6) is 0. The molecule has 0 radical (unpaired) electrons. The highest BCUT2D eigenvalue weighted by atomic mass is 15.1. The zero-order valence-corrected chi connectivity index (χ0v) is 37.9. The highest BCUT2D eigenvalue weighted by Crippen LogP contribution is 2.68. The molecule has 322 valence electrons. The second kappa shape index (κ2) is 15.4. The Morgan fingerprint density at radius 1 is 0.217 bits per heavy atom. The fourth-order valence-electron chi connectivity index (χ4n) is 12.7. The molecule has 0 unspecified atom stereocenters. The van der Waals surface area contributed by atoms with Crippen LogP contribution in [0.4, 0.5) is 17.1 Å². The molecular formula is C68H45N.